The normalized spacial score (nSPS) is 10.5. The molecule has 0 aliphatic heterocycles. The van der Waals surface area contributed by atoms with E-state index >= 15 is 0 Å². The molecule has 0 amide bonds. The molecule has 4 nitrogen and oxygen atoms in total. The summed E-state index contributed by atoms with van der Waals surface area (Å²) in [4.78, 5) is 11.0. The number of aromatic carboxylic acids is 1. The summed E-state index contributed by atoms with van der Waals surface area (Å²) in [6, 6.07) is 7.84. The van der Waals surface area contributed by atoms with Crippen LogP contribution >= 0.6 is 0 Å². The fraction of sp³-hybridized carbons (Fsp3) is 0.231. The van der Waals surface area contributed by atoms with Gasteiger partial charge in [0.05, 0.1) is 17.6 Å². The number of hydrogen-bond donors (Lipinski definition) is 1. The fourth-order valence-corrected chi connectivity index (χ4v) is 1.87. The summed E-state index contributed by atoms with van der Waals surface area (Å²) in [7, 11) is 0. The van der Waals surface area contributed by atoms with Gasteiger partial charge in [-0.15, -0.1) is 0 Å². The molecule has 0 saturated heterocycles. The van der Waals surface area contributed by atoms with Crippen LogP contribution < -0.4 is 0 Å². The number of aromatic nitrogens is 2. The molecule has 0 aliphatic rings. The molecule has 1 aromatic heterocycles. The number of benzene rings is 1. The molecule has 0 bridgehead atoms. The van der Waals surface area contributed by atoms with Crippen LogP contribution in [0, 0.1) is 6.92 Å². The maximum Gasteiger partial charge on any atom is 0.339 e. The lowest BCUT2D eigenvalue weighted by Crippen LogP contribution is -2.05. The summed E-state index contributed by atoms with van der Waals surface area (Å²) in [6.45, 7) is 3.92. The molecule has 0 aliphatic carbocycles. The second kappa shape index (κ2) is 4.41. The van der Waals surface area contributed by atoms with E-state index in [0.717, 1.165) is 16.9 Å². The molecule has 0 saturated carbocycles. The van der Waals surface area contributed by atoms with E-state index in [-0.39, 0.29) is 5.56 Å². The third-order valence-electron chi connectivity index (χ3n) is 2.68. The minimum absolute atomic E-state index is 0.272. The van der Waals surface area contributed by atoms with Gasteiger partial charge < -0.3 is 5.11 Å². The van der Waals surface area contributed by atoms with Gasteiger partial charge in [0.25, 0.3) is 0 Å². The predicted molar refractivity (Wildman–Crippen MR) is 64.6 cm³/mol. The second-order valence-electron chi connectivity index (χ2n) is 3.91. The molecule has 0 radical (unpaired) electrons. The predicted octanol–water partition coefficient (Wildman–Crippen LogP) is 2.44. The molecular weight excluding hydrogens is 216 g/mol. The summed E-state index contributed by atoms with van der Waals surface area (Å²) < 4.78 is 1.69. The van der Waals surface area contributed by atoms with E-state index in [2.05, 4.69) is 5.10 Å². The highest BCUT2D eigenvalue weighted by Gasteiger charge is 2.15. The molecule has 1 heterocycles. The van der Waals surface area contributed by atoms with Crippen LogP contribution in [-0.4, -0.2) is 20.9 Å². The maximum atomic E-state index is 11.0. The highest BCUT2D eigenvalue weighted by atomic mass is 16.4. The minimum atomic E-state index is -0.930. The Labute approximate surface area is 99.5 Å². The first-order valence-electron chi connectivity index (χ1n) is 5.50. The summed E-state index contributed by atoms with van der Waals surface area (Å²) in [5.41, 5.74) is 3.02. The van der Waals surface area contributed by atoms with E-state index in [1.165, 1.54) is 6.20 Å². The van der Waals surface area contributed by atoms with E-state index in [0.29, 0.717) is 6.42 Å². The van der Waals surface area contributed by atoms with Crippen molar-refractivity contribution in [2.75, 3.05) is 0 Å². The van der Waals surface area contributed by atoms with Crippen LogP contribution in [0.4, 0.5) is 0 Å². The zero-order valence-corrected chi connectivity index (χ0v) is 9.84. The smallest absolute Gasteiger partial charge is 0.339 e. The van der Waals surface area contributed by atoms with Crippen LogP contribution in [0.2, 0.25) is 0 Å². The fourth-order valence-electron chi connectivity index (χ4n) is 1.87. The largest absolute Gasteiger partial charge is 0.478 e. The Bertz CT molecular complexity index is 558. The molecule has 2 aromatic rings. The Kier molecular flexibility index (Phi) is 2.95. The van der Waals surface area contributed by atoms with E-state index < -0.39 is 5.97 Å². The highest BCUT2D eigenvalue weighted by Crippen LogP contribution is 2.16. The first-order chi connectivity index (χ1) is 8.13. The van der Waals surface area contributed by atoms with Gasteiger partial charge >= 0.3 is 5.97 Å². The van der Waals surface area contributed by atoms with Gasteiger partial charge in [0.2, 0.25) is 0 Å². The van der Waals surface area contributed by atoms with Crippen molar-refractivity contribution >= 4 is 5.97 Å². The molecule has 1 aromatic carbocycles. The average molecular weight is 230 g/mol. The Morgan fingerprint density at radius 2 is 2.24 bits per heavy atom. The second-order valence-corrected chi connectivity index (χ2v) is 3.91. The van der Waals surface area contributed by atoms with Crippen molar-refractivity contribution in [2.45, 2.75) is 20.3 Å². The lowest BCUT2D eigenvalue weighted by atomic mass is 10.2. The first kappa shape index (κ1) is 11.4. The van der Waals surface area contributed by atoms with Gasteiger partial charge in [0.15, 0.2) is 0 Å². The van der Waals surface area contributed by atoms with Gasteiger partial charge in [-0.2, -0.15) is 5.10 Å². The molecule has 1 N–H and O–H groups in total. The summed E-state index contributed by atoms with van der Waals surface area (Å²) in [5.74, 6) is -0.930. The lowest BCUT2D eigenvalue weighted by Gasteiger charge is -2.07. The van der Waals surface area contributed by atoms with Crippen molar-refractivity contribution in [2.24, 2.45) is 0 Å². The standard InChI is InChI=1S/C13H14N2O2/c1-3-12-11(13(16)17)8-14-15(12)10-6-4-5-9(2)7-10/h4-8H,3H2,1-2H3,(H,16,17). The van der Waals surface area contributed by atoms with Crippen LogP contribution in [0.1, 0.15) is 28.5 Å². The number of aryl methyl sites for hydroxylation is 1. The van der Waals surface area contributed by atoms with Gasteiger partial charge in [-0.25, -0.2) is 9.48 Å². The Morgan fingerprint density at radius 3 is 2.82 bits per heavy atom. The van der Waals surface area contributed by atoms with Crippen LogP contribution in [0.5, 0.6) is 0 Å². The summed E-state index contributed by atoms with van der Waals surface area (Å²) >= 11 is 0. The van der Waals surface area contributed by atoms with Crippen LogP contribution in [0.15, 0.2) is 30.5 Å². The number of nitrogens with zero attached hydrogens (tertiary/aromatic N) is 2. The van der Waals surface area contributed by atoms with Crippen molar-refractivity contribution in [1.29, 1.82) is 0 Å². The zero-order valence-electron chi connectivity index (χ0n) is 9.84. The van der Waals surface area contributed by atoms with E-state index in [1.807, 2.05) is 38.1 Å². The van der Waals surface area contributed by atoms with Crippen LogP contribution in [0.3, 0.4) is 0 Å². The molecular formula is C13H14N2O2. The molecule has 0 unspecified atom stereocenters. The quantitative estimate of drug-likeness (QED) is 0.881. The topological polar surface area (TPSA) is 55.1 Å². The van der Waals surface area contributed by atoms with E-state index in [9.17, 15) is 4.79 Å². The summed E-state index contributed by atoms with van der Waals surface area (Å²) in [6.07, 6.45) is 2.04. The monoisotopic (exact) mass is 230 g/mol. The molecule has 0 atom stereocenters. The number of hydrogen-bond acceptors (Lipinski definition) is 2. The van der Waals surface area contributed by atoms with E-state index in [1.54, 1.807) is 4.68 Å². The van der Waals surface area contributed by atoms with Crippen LogP contribution in [0.25, 0.3) is 5.69 Å². The molecule has 0 fully saturated rings. The van der Waals surface area contributed by atoms with Crippen molar-refractivity contribution in [1.82, 2.24) is 9.78 Å². The number of carboxylic acid groups (broad SMARTS) is 1. The number of carbonyl (C=O) groups is 1. The minimum Gasteiger partial charge on any atom is -0.478 e. The van der Waals surface area contributed by atoms with Crippen molar-refractivity contribution < 1.29 is 9.90 Å². The lowest BCUT2D eigenvalue weighted by molar-refractivity contribution is 0.0695. The van der Waals surface area contributed by atoms with Gasteiger partial charge in [0, 0.05) is 0 Å². The SMILES string of the molecule is CCc1c(C(=O)O)cnn1-c1cccc(C)c1. The third kappa shape index (κ3) is 2.06. The number of carboxylic acids is 1. The Balaban J connectivity index is 2.56. The molecule has 17 heavy (non-hydrogen) atoms. The first-order valence-corrected chi connectivity index (χ1v) is 5.50. The molecule has 4 heteroatoms. The van der Waals surface area contributed by atoms with Crippen LogP contribution in [-0.2, 0) is 6.42 Å². The Hall–Kier alpha value is -2.10. The number of rotatable bonds is 3. The Morgan fingerprint density at radius 1 is 1.47 bits per heavy atom. The van der Waals surface area contributed by atoms with Crippen molar-refractivity contribution in [3.8, 4) is 5.69 Å². The van der Waals surface area contributed by atoms with Crippen molar-refractivity contribution in [3.05, 3.63) is 47.3 Å². The maximum absolute atomic E-state index is 11.0. The van der Waals surface area contributed by atoms with E-state index in [4.69, 9.17) is 5.11 Å². The van der Waals surface area contributed by atoms with Gasteiger partial charge in [-0.05, 0) is 31.0 Å². The average Bonchev–Trinajstić information content (AvgIpc) is 2.72. The van der Waals surface area contributed by atoms with Gasteiger partial charge in [0.1, 0.15) is 5.56 Å². The molecule has 88 valence electrons. The highest BCUT2D eigenvalue weighted by molar-refractivity contribution is 5.88. The molecule has 0 spiro atoms. The third-order valence-corrected chi connectivity index (χ3v) is 2.68. The summed E-state index contributed by atoms with van der Waals surface area (Å²) in [5, 5.41) is 13.2. The molecule has 2 rings (SSSR count). The van der Waals surface area contributed by atoms with Crippen molar-refractivity contribution in [3.63, 3.8) is 0 Å². The zero-order chi connectivity index (χ0) is 12.4. The van der Waals surface area contributed by atoms with Gasteiger partial charge in [-0.3, -0.25) is 0 Å². The van der Waals surface area contributed by atoms with Gasteiger partial charge in [-0.1, -0.05) is 19.1 Å².